The van der Waals surface area contributed by atoms with Crippen LogP contribution in [0.5, 0.6) is 0 Å². The van der Waals surface area contributed by atoms with E-state index in [9.17, 15) is 9.90 Å². The third-order valence-corrected chi connectivity index (χ3v) is 3.41. The van der Waals surface area contributed by atoms with Crippen LogP contribution in [0.25, 0.3) is 0 Å². The molecule has 0 amide bonds. The van der Waals surface area contributed by atoms with Gasteiger partial charge in [0.1, 0.15) is 5.60 Å². The Balaban J connectivity index is 2.29. The lowest BCUT2D eigenvalue weighted by Crippen LogP contribution is -2.38. The highest BCUT2D eigenvalue weighted by Gasteiger charge is 2.38. The van der Waals surface area contributed by atoms with Gasteiger partial charge in [-0.1, -0.05) is 22.0 Å². The van der Waals surface area contributed by atoms with Crippen LogP contribution >= 0.6 is 15.9 Å². The molecule has 0 radical (unpaired) electrons. The number of hydrogen-bond acceptors (Lipinski definition) is 4. The molecule has 98 valence electrons. The normalized spacial score (nSPS) is 22.4. The van der Waals surface area contributed by atoms with Gasteiger partial charge in [-0.3, -0.25) is 4.79 Å². The van der Waals surface area contributed by atoms with Gasteiger partial charge in [-0.05, 0) is 30.2 Å². The van der Waals surface area contributed by atoms with Crippen molar-refractivity contribution in [3.05, 3.63) is 33.8 Å². The standard InChI is InChI=1S/C13H15BrO4/c1-2-18-12(15)6-13(16)8-17-7-9-3-4-10(14)5-11(9)13/h3-5,16H,2,6-8H2,1H3. The highest BCUT2D eigenvalue weighted by Crippen LogP contribution is 2.35. The molecule has 1 N–H and O–H groups in total. The molecule has 1 aromatic carbocycles. The zero-order chi connectivity index (χ0) is 13.2. The predicted molar refractivity (Wildman–Crippen MR) is 68.9 cm³/mol. The molecule has 2 rings (SSSR count). The molecule has 0 saturated carbocycles. The number of halogens is 1. The third-order valence-electron chi connectivity index (χ3n) is 2.91. The Bertz CT molecular complexity index is 460. The number of carbonyl (C=O) groups excluding carboxylic acids is 1. The van der Waals surface area contributed by atoms with Gasteiger partial charge >= 0.3 is 5.97 Å². The van der Waals surface area contributed by atoms with Crippen molar-refractivity contribution in [3.8, 4) is 0 Å². The maximum Gasteiger partial charge on any atom is 0.309 e. The Labute approximate surface area is 114 Å². The SMILES string of the molecule is CCOC(=O)CC1(O)COCc2ccc(Br)cc21. The van der Waals surface area contributed by atoms with Crippen molar-refractivity contribution >= 4 is 21.9 Å². The highest BCUT2D eigenvalue weighted by molar-refractivity contribution is 9.10. The summed E-state index contributed by atoms with van der Waals surface area (Å²) in [7, 11) is 0. The van der Waals surface area contributed by atoms with Crippen LogP contribution in [-0.2, 0) is 26.5 Å². The molecule has 0 fully saturated rings. The van der Waals surface area contributed by atoms with Gasteiger partial charge in [-0.2, -0.15) is 0 Å². The fourth-order valence-electron chi connectivity index (χ4n) is 2.11. The van der Waals surface area contributed by atoms with Gasteiger partial charge in [-0.25, -0.2) is 0 Å². The number of esters is 1. The van der Waals surface area contributed by atoms with Crippen molar-refractivity contribution < 1.29 is 19.4 Å². The number of aliphatic hydroxyl groups is 1. The molecule has 1 aromatic rings. The minimum atomic E-state index is -1.30. The summed E-state index contributed by atoms with van der Waals surface area (Å²) in [5.41, 5.74) is 0.330. The van der Waals surface area contributed by atoms with E-state index >= 15 is 0 Å². The lowest BCUT2D eigenvalue weighted by molar-refractivity contribution is -0.154. The number of fused-ring (bicyclic) bond motifs is 1. The summed E-state index contributed by atoms with van der Waals surface area (Å²) >= 11 is 3.37. The van der Waals surface area contributed by atoms with Gasteiger partial charge in [0.15, 0.2) is 0 Å². The van der Waals surface area contributed by atoms with Crippen LogP contribution in [0.2, 0.25) is 0 Å². The fraction of sp³-hybridized carbons (Fsp3) is 0.462. The van der Waals surface area contributed by atoms with Gasteiger partial charge in [0, 0.05) is 4.47 Å². The molecule has 1 aliphatic rings. The average Bonchev–Trinajstić information content (AvgIpc) is 2.30. The van der Waals surface area contributed by atoms with Crippen LogP contribution in [0.15, 0.2) is 22.7 Å². The summed E-state index contributed by atoms with van der Waals surface area (Å²) in [5.74, 6) is -0.420. The van der Waals surface area contributed by atoms with Crippen LogP contribution < -0.4 is 0 Å². The van der Waals surface area contributed by atoms with Crippen LogP contribution in [0.1, 0.15) is 24.5 Å². The van der Waals surface area contributed by atoms with Gasteiger partial charge in [0.2, 0.25) is 0 Å². The van der Waals surface area contributed by atoms with Gasteiger partial charge < -0.3 is 14.6 Å². The molecular formula is C13H15BrO4. The van der Waals surface area contributed by atoms with Crippen molar-refractivity contribution in [1.82, 2.24) is 0 Å². The van der Waals surface area contributed by atoms with E-state index in [1.165, 1.54) is 0 Å². The molecule has 5 heteroatoms. The van der Waals surface area contributed by atoms with E-state index < -0.39 is 11.6 Å². The first kappa shape index (κ1) is 13.5. The molecule has 0 saturated heterocycles. The Hall–Kier alpha value is -0.910. The summed E-state index contributed by atoms with van der Waals surface area (Å²) in [6.07, 6.45) is -0.0930. The second-order valence-corrected chi connectivity index (χ2v) is 5.22. The third kappa shape index (κ3) is 2.74. The van der Waals surface area contributed by atoms with E-state index in [1.54, 1.807) is 6.92 Å². The Morgan fingerprint density at radius 3 is 3.11 bits per heavy atom. The molecule has 0 spiro atoms. The average molecular weight is 315 g/mol. The van der Waals surface area contributed by atoms with E-state index in [1.807, 2.05) is 18.2 Å². The quantitative estimate of drug-likeness (QED) is 0.868. The maximum absolute atomic E-state index is 11.6. The fourth-order valence-corrected chi connectivity index (χ4v) is 2.47. The van der Waals surface area contributed by atoms with Crippen molar-refractivity contribution in [2.24, 2.45) is 0 Å². The van der Waals surface area contributed by atoms with Gasteiger partial charge in [0.05, 0.1) is 26.2 Å². The highest BCUT2D eigenvalue weighted by atomic mass is 79.9. The molecule has 1 heterocycles. The monoisotopic (exact) mass is 314 g/mol. The summed E-state index contributed by atoms with van der Waals surface area (Å²) < 4.78 is 11.1. The van der Waals surface area contributed by atoms with E-state index in [4.69, 9.17) is 9.47 Å². The van der Waals surface area contributed by atoms with Crippen molar-refractivity contribution in [3.63, 3.8) is 0 Å². The van der Waals surface area contributed by atoms with Gasteiger partial charge in [0.25, 0.3) is 0 Å². The number of rotatable bonds is 3. The first-order chi connectivity index (χ1) is 8.55. The second-order valence-electron chi connectivity index (χ2n) is 4.31. The molecule has 1 unspecified atom stereocenters. The van der Waals surface area contributed by atoms with Crippen LogP contribution in [-0.4, -0.2) is 24.3 Å². The largest absolute Gasteiger partial charge is 0.466 e. The van der Waals surface area contributed by atoms with Crippen LogP contribution in [0.4, 0.5) is 0 Å². The number of benzene rings is 1. The Morgan fingerprint density at radius 1 is 1.61 bits per heavy atom. The second kappa shape index (κ2) is 5.38. The molecule has 18 heavy (non-hydrogen) atoms. The predicted octanol–water partition coefficient (Wildman–Crippen LogP) is 2.12. The summed E-state index contributed by atoms with van der Waals surface area (Å²) in [6, 6.07) is 5.60. The van der Waals surface area contributed by atoms with Crippen molar-refractivity contribution in [2.75, 3.05) is 13.2 Å². The molecule has 1 atom stereocenters. The lowest BCUT2D eigenvalue weighted by Gasteiger charge is -2.33. The first-order valence-electron chi connectivity index (χ1n) is 5.80. The smallest absolute Gasteiger partial charge is 0.309 e. The van der Waals surface area contributed by atoms with E-state index in [0.717, 1.165) is 15.6 Å². The number of hydrogen-bond donors (Lipinski definition) is 1. The van der Waals surface area contributed by atoms with E-state index in [2.05, 4.69) is 15.9 Å². The summed E-state index contributed by atoms with van der Waals surface area (Å²) in [6.45, 7) is 2.61. The maximum atomic E-state index is 11.6. The Morgan fingerprint density at radius 2 is 2.39 bits per heavy atom. The molecule has 0 aromatic heterocycles. The van der Waals surface area contributed by atoms with Crippen molar-refractivity contribution in [1.29, 1.82) is 0 Å². The minimum Gasteiger partial charge on any atom is -0.466 e. The molecule has 1 aliphatic heterocycles. The summed E-state index contributed by atoms with van der Waals surface area (Å²) in [4.78, 5) is 11.6. The lowest BCUT2D eigenvalue weighted by atomic mass is 9.86. The number of ether oxygens (including phenoxy) is 2. The van der Waals surface area contributed by atoms with Crippen LogP contribution in [0.3, 0.4) is 0 Å². The summed E-state index contributed by atoms with van der Waals surface area (Å²) in [5, 5.41) is 10.6. The zero-order valence-electron chi connectivity index (χ0n) is 10.1. The molecular weight excluding hydrogens is 300 g/mol. The van der Waals surface area contributed by atoms with E-state index in [0.29, 0.717) is 13.2 Å². The molecule has 0 aliphatic carbocycles. The van der Waals surface area contributed by atoms with Gasteiger partial charge in [-0.15, -0.1) is 0 Å². The van der Waals surface area contributed by atoms with E-state index in [-0.39, 0.29) is 13.0 Å². The van der Waals surface area contributed by atoms with Crippen LogP contribution in [0, 0.1) is 0 Å². The molecule has 0 bridgehead atoms. The zero-order valence-corrected chi connectivity index (χ0v) is 11.7. The number of carbonyl (C=O) groups is 1. The topological polar surface area (TPSA) is 55.8 Å². The first-order valence-corrected chi connectivity index (χ1v) is 6.59. The minimum absolute atomic E-state index is 0.0930. The van der Waals surface area contributed by atoms with Crippen molar-refractivity contribution in [2.45, 2.75) is 25.6 Å². The molecule has 4 nitrogen and oxygen atoms in total. The Kier molecular flexibility index (Phi) is 4.04.